The predicted molar refractivity (Wildman–Crippen MR) is 99.4 cm³/mol. The molecule has 0 saturated heterocycles. The van der Waals surface area contributed by atoms with Crippen LogP contribution in [-0.4, -0.2) is 18.2 Å². The Kier molecular flexibility index (Phi) is 4.57. The third kappa shape index (κ3) is 3.48. The number of nitrogens with one attached hydrogen (secondary N) is 2. The Morgan fingerprint density at radius 3 is 2.69 bits per heavy atom. The number of fused-ring (bicyclic) bond motifs is 1. The van der Waals surface area contributed by atoms with E-state index < -0.39 is 10.0 Å². The lowest BCUT2D eigenvalue weighted by Crippen LogP contribution is -2.13. The van der Waals surface area contributed by atoms with Crippen molar-refractivity contribution in [3.8, 4) is 6.07 Å². The molecule has 1 heterocycles. The van der Waals surface area contributed by atoms with Gasteiger partial charge in [-0.05, 0) is 42.3 Å². The van der Waals surface area contributed by atoms with Gasteiger partial charge in [-0.1, -0.05) is 19.9 Å². The van der Waals surface area contributed by atoms with Crippen molar-refractivity contribution in [2.75, 3.05) is 4.72 Å². The van der Waals surface area contributed by atoms with Crippen LogP contribution in [0.1, 0.15) is 19.4 Å². The zero-order valence-corrected chi connectivity index (χ0v) is 15.2. The molecule has 0 unspecified atom stereocenters. The lowest BCUT2D eigenvalue weighted by molar-refractivity contribution is 0.492. The van der Waals surface area contributed by atoms with E-state index in [0.717, 1.165) is 5.52 Å². The van der Waals surface area contributed by atoms with Gasteiger partial charge in [-0.3, -0.25) is 19.3 Å². The fourth-order valence-electron chi connectivity index (χ4n) is 2.72. The summed E-state index contributed by atoms with van der Waals surface area (Å²) in [4.78, 5) is 12.2. The van der Waals surface area contributed by atoms with E-state index in [2.05, 4.69) is 9.82 Å². The van der Waals surface area contributed by atoms with Gasteiger partial charge in [0.25, 0.3) is 15.6 Å². The minimum atomic E-state index is -3.86. The molecule has 0 aliphatic heterocycles. The maximum absolute atomic E-state index is 12.5. The van der Waals surface area contributed by atoms with Crippen LogP contribution in [0.3, 0.4) is 0 Å². The maximum atomic E-state index is 12.5. The largest absolute Gasteiger partial charge is 0.284 e. The maximum Gasteiger partial charge on any atom is 0.272 e. The Hall–Kier alpha value is -3.05. The first-order valence-electron chi connectivity index (χ1n) is 8.06. The van der Waals surface area contributed by atoms with Gasteiger partial charge in [0.2, 0.25) is 0 Å². The molecule has 134 valence electrons. The van der Waals surface area contributed by atoms with Gasteiger partial charge in [-0.2, -0.15) is 5.26 Å². The van der Waals surface area contributed by atoms with Gasteiger partial charge < -0.3 is 0 Å². The normalized spacial score (nSPS) is 11.6. The molecule has 2 aromatic carbocycles. The number of anilines is 1. The van der Waals surface area contributed by atoms with Gasteiger partial charge >= 0.3 is 0 Å². The second-order valence-corrected chi connectivity index (χ2v) is 8.10. The number of aromatic nitrogens is 2. The van der Waals surface area contributed by atoms with Crippen molar-refractivity contribution in [1.29, 1.82) is 5.26 Å². The average molecular weight is 370 g/mol. The molecule has 7 nitrogen and oxygen atoms in total. The van der Waals surface area contributed by atoms with Gasteiger partial charge in [0, 0.05) is 12.2 Å². The highest BCUT2D eigenvalue weighted by Gasteiger charge is 2.16. The molecule has 0 radical (unpaired) electrons. The minimum Gasteiger partial charge on any atom is -0.284 e. The molecule has 1 aromatic heterocycles. The van der Waals surface area contributed by atoms with Crippen molar-refractivity contribution >= 4 is 26.6 Å². The summed E-state index contributed by atoms with van der Waals surface area (Å²) in [7, 11) is -3.86. The highest BCUT2D eigenvalue weighted by atomic mass is 32.2. The van der Waals surface area contributed by atoms with Crippen LogP contribution in [0.25, 0.3) is 10.9 Å². The van der Waals surface area contributed by atoms with Crippen LogP contribution in [0.4, 0.5) is 5.69 Å². The first-order valence-corrected chi connectivity index (χ1v) is 9.54. The highest BCUT2D eigenvalue weighted by Crippen LogP contribution is 2.21. The van der Waals surface area contributed by atoms with Gasteiger partial charge in [-0.25, -0.2) is 8.42 Å². The topological polar surface area (TPSA) is 108 Å². The summed E-state index contributed by atoms with van der Waals surface area (Å²) in [5, 5.41) is 12.1. The summed E-state index contributed by atoms with van der Waals surface area (Å²) in [6.45, 7) is 4.74. The number of H-pyrrole nitrogens is 1. The smallest absolute Gasteiger partial charge is 0.272 e. The number of nitriles is 1. The highest BCUT2D eigenvalue weighted by molar-refractivity contribution is 7.92. The Morgan fingerprint density at radius 2 is 2.00 bits per heavy atom. The molecule has 8 heteroatoms. The summed E-state index contributed by atoms with van der Waals surface area (Å²) in [5.74, 6) is 0.354. The van der Waals surface area contributed by atoms with Gasteiger partial charge in [0.1, 0.15) is 0 Å². The third-order valence-electron chi connectivity index (χ3n) is 3.84. The summed E-state index contributed by atoms with van der Waals surface area (Å²) in [5.41, 5.74) is 0.990. The van der Waals surface area contributed by atoms with Crippen molar-refractivity contribution in [3.63, 3.8) is 0 Å². The first-order chi connectivity index (χ1) is 12.3. The first kappa shape index (κ1) is 17.8. The van der Waals surface area contributed by atoms with Gasteiger partial charge in [0.15, 0.2) is 0 Å². The Morgan fingerprint density at radius 1 is 1.23 bits per heavy atom. The second kappa shape index (κ2) is 6.69. The van der Waals surface area contributed by atoms with E-state index >= 15 is 0 Å². The van der Waals surface area contributed by atoms with Crippen molar-refractivity contribution in [3.05, 3.63) is 58.4 Å². The van der Waals surface area contributed by atoms with Crippen LogP contribution < -0.4 is 10.3 Å². The predicted octanol–water partition coefficient (Wildman–Crippen LogP) is 2.66. The number of sulfonamides is 1. The minimum absolute atomic E-state index is 0.0112. The Labute approximate surface area is 150 Å². The lowest BCUT2D eigenvalue weighted by Gasteiger charge is -2.10. The van der Waals surface area contributed by atoms with E-state index in [4.69, 9.17) is 5.26 Å². The van der Waals surface area contributed by atoms with Crippen molar-refractivity contribution in [2.45, 2.75) is 25.3 Å². The molecule has 0 bridgehead atoms. The number of benzene rings is 2. The van der Waals surface area contributed by atoms with Crippen LogP contribution in [-0.2, 0) is 16.6 Å². The standard InChI is InChI=1S/C18H18N4O3S/c1-12(2)11-22-17-7-6-14(9-16(17)18(23)20-22)21-26(24,25)15-5-3-4-13(8-15)10-19/h3-9,12,21H,11H2,1-2H3,(H,20,23). The second-order valence-electron chi connectivity index (χ2n) is 6.42. The fraction of sp³-hybridized carbons (Fsp3) is 0.222. The van der Waals surface area contributed by atoms with Crippen LogP contribution >= 0.6 is 0 Å². The molecular formula is C18H18N4O3S. The van der Waals surface area contributed by atoms with E-state index in [1.807, 2.05) is 19.9 Å². The van der Waals surface area contributed by atoms with Crippen LogP contribution in [0.5, 0.6) is 0 Å². The lowest BCUT2D eigenvalue weighted by atomic mass is 10.2. The summed E-state index contributed by atoms with van der Waals surface area (Å²) >= 11 is 0. The Bertz CT molecular complexity index is 1170. The number of hydrogen-bond donors (Lipinski definition) is 2. The van der Waals surface area contributed by atoms with E-state index in [1.54, 1.807) is 16.8 Å². The van der Waals surface area contributed by atoms with Crippen LogP contribution in [0, 0.1) is 17.2 Å². The number of rotatable bonds is 5. The molecule has 0 aliphatic carbocycles. The van der Waals surface area contributed by atoms with E-state index in [-0.39, 0.29) is 21.7 Å². The molecule has 0 saturated carbocycles. The molecular weight excluding hydrogens is 352 g/mol. The number of aromatic amines is 1. The quantitative estimate of drug-likeness (QED) is 0.720. The average Bonchev–Trinajstić information content (AvgIpc) is 2.89. The molecule has 2 N–H and O–H groups in total. The SMILES string of the molecule is CC(C)Cn1[nH]c(=O)c2cc(NS(=O)(=O)c3cccc(C#N)c3)ccc21. The van der Waals surface area contributed by atoms with Crippen LogP contribution in [0.2, 0.25) is 0 Å². The molecule has 0 fully saturated rings. The van der Waals surface area contributed by atoms with Gasteiger partial charge in [0.05, 0.1) is 27.4 Å². The van der Waals surface area contributed by atoms with Crippen molar-refractivity contribution in [2.24, 2.45) is 5.92 Å². The van der Waals surface area contributed by atoms with Crippen LogP contribution in [0.15, 0.2) is 52.2 Å². The molecule has 0 aliphatic rings. The number of hydrogen-bond acceptors (Lipinski definition) is 4. The molecule has 0 atom stereocenters. The van der Waals surface area contributed by atoms with Gasteiger partial charge in [-0.15, -0.1) is 0 Å². The molecule has 0 amide bonds. The zero-order valence-electron chi connectivity index (χ0n) is 14.4. The number of nitrogens with zero attached hydrogens (tertiary/aromatic N) is 2. The summed E-state index contributed by atoms with van der Waals surface area (Å²) in [6.07, 6.45) is 0. The molecule has 3 rings (SSSR count). The van der Waals surface area contributed by atoms with Crippen molar-refractivity contribution < 1.29 is 8.42 Å². The zero-order chi connectivity index (χ0) is 18.9. The van der Waals surface area contributed by atoms with Crippen molar-refractivity contribution in [1.82, 2.24) is 9.78 Å². The fourth-order valence-corrected chi connectivity index (χ4v) is 3.81. The monoisotopic (exact) mass is 370 g/mol. The van der Waals surface area contributed by atoms with E-state index in [0.29, 0.717) is 17.8 Å². The molecule has 26 heavy (non-hydrogen) atoms. The third-order valence-corrected chi connectivity index (χ3v) is 5.22. The molecule has 3 aromatic rings. The van der Waals surface area contributed by atoms with E-state index in [9.17, 15) is 13.2 Å². The Balaban J connectivity index is 1.97. The molecule has 0 spiro atoms. The van der Waals surface area contributed by atoms with E-state index in [1.165, 1.54) is 30.3 Å². The summed E-state index contributed by atoms with van der Waals surface area (Å²) < 4.78 is 29.3. The summed E-state index contributed by atoms with van der Waals surface area (Å²) in [6, 6.07) is 12.5.